The summed E-state index contributed by atoms with van der Waals surface area (Å²) in [6.45, 7) is 7.97. The molecule has 2 heterocycles. The molecule has 9 atom stereocenters. The maximum Gasteiger partial charge on any atom is 0.326 e. The molecule has 0 saturated carbocycles. The molecule has 2 aromatic carbocycles. The van der Waals surface area contributed by atoms with E-state index in [-0.39, 0.29) is 50.3 Å². The molecule has 7 amide bonds. The molecule has 4 rings (SSSR count). The predicted octanol–water partition coefficient (Wildman–Crippen LogP) is -0.607. The molecule has 0 bridgehead atoms. The van der Waals surface area contributed by atoms with Gasteiger partial charge in [0.1, 0.15) is 54.1 Å². The molecule has 0 aliphatic carbocycles. The lowest BCUT2D eigenvalue weighted by Gasteiger charge is -2.31. The van der Waals surface area contributed by atoms with E-state index < -0.39 is 139 Å². The Morgan fingerprint density at radius 2 is 1.29 bits per heavy atom. The number of aromatic amines is 1. The van der Waals surface area contributed by atoms with Crippen LogP contribution < -0.4 is 37.6 Å². The van der Waals surface area contributed by atoms with Crippen LogP contribution in [0.5, 0.6) is 5.75 Å². The largest absolute Gasteiger partial charge is 0.508 e. The number of amides is 7. The molecule has 1 saturated heterocycles. The quantitative estimate of drug-likeness (QED) is 0.0453. The number of H-pyrrole nitrogens is 1. The van der Waals surface area contributed by atoms with Gasteiger partial charge in [-0.1, -0.05) is 58.0 Å². The Labute approximate surface area is 420 Å². The lowest BCUT2D eigenvalue weighted by Crippen LogP contribution is -2.61. The Morgan fingerprint density at radius 1 is 0.699 bits per heavy atom. The van der Waals surface area contributed by atoms with Crippen LogP contribution in [0.4, 0.5) is 0 Å². The van der Waals surface area contributed by atoms with Gasteiger partial charge in [0.15, 0.2) is 0 Å². The number of aliphatic hydroxyl groups is 1. The van der Waals surface area contributed by atoms with Gasteiger partial charge in [0.25, 0.3) is 0 Å². The first-order chi connectivity index (χ1) is 34.4. The third-order valence-corrected chi connectivity index (χ3v) is 12.2. The van der Waals surface area contributed by atoms with Crippen molar-refractivity contribution in [3.63, 3.8) is 0 Å². The summed E-state index contributed by atoms with van der Waals surface area (Å²) >= 11 is 0. The Balaban J connectivity index is 1.58. The van der Waals surface area contributed by atoms with E-state index >= 15 is 0 Å². The number of nitrogens with zero attached hydrogens (tertiary/aromatic N) is 1. The molecule has 73 heavy (non-hydrogen) atoms. The average molecular weight is 1020 g/mol. The molecule has 1 aliphatic rings. The minimum absolute atomic E-state index is 0.0263. The number of aliphatic carboxylic acids is 3. The van der Waals surface area contributed by atoms with Gasteiger partial charge in [-0.25, -0.2) is 4.79 Å². The number of phenols is 1. The lowest BCUT2D eigenvalue weighted by atomic mass is 9.98. The van der Waals surface area contributed by atoms with Crippen LogP contribution in [0.15, 0.2) is 54.7 Å². The fraction of sp³-hybridized carbons (Fsp3) is 0.510. The number of carbonyl (C=O) groups excluding carboxylic acids is 7. The second-order valence-corrected chi connectivity index (χ2v) is 18.9. The number of hydrogen-bond acceptors (Lipinski definition) is 13. The first kappa shape index (κ1) is 58.0. The number of aromatic hydroxyl groups is 1. The van der Waals surface area contributed by atoms with Crippen LogP contribution in [0.1, 0.15) is 84.3 Å². The number of fused-ring (bicyclic) bond motifs is 1. The van der Waals surface area contributed by atoms with Gasteiger partial charge in [0.2, 0.25) is 41.4 Å². The summed E-state index contributed by atoms with van der Waals surface area (Å²) in [7, 11) is 0. The van der Waals surface area contributed by atoms with Crippen molar-refractivity contribution in [1.29, 1.82) is 0 Å². The number of carboxylic acid groups (broad SMARTS) is 3. The van der Waals surface area contributed by atoms with Crippen LogP contribution >= 0.6 is 0 Å². The van der Waals surface area contributed by atoms with Crippen molar-refractivity contribution in [2.24, 2.45) is 17.6 Å². The highest BCUT2D eigenvalue weighted by Gasteiger charge is 2.41. The number of nitrogens with one attached hydrogen (secondary N) is 7. The molecule has 0 spiro atoms. The highest BCUT2D eigenvalue weighted by Crippen LogP contribution is 2.22. The van der Waals surface area contributed by atoms with E-state index in [0.29, 0.717) is 11.1 Å². The summed E-state index contributed by atoms with van der Waals surface area (Å²) < 4.78 is 0. The predicted molar refractivity (Wildman–Crippen MR) is 261 cm³/mol. The minimum atomic E-state index is -1.80. The van der Waals surface area contributed by atoms with Gasteiger partial charge in [-0.2, -0.15) is 0 Å². The monoisotopic (exact) mass is 1020 g/mol. The van der Waals surface area contributed by atoms with Gasteiger partial charge in [-0.3, -0.25) is 43.2 Å². The number of hydrogen-bond donors (Lipinski definition) is 13. The normalized spacial score (nSPS) is 16.7. The van der Waals surface area contributed by atoms with Gasteiger partial charge in [-0.15, -0.1) is 0 Å². The van der Waals surface area contributed by atoms with Crippen molar-refractivity contribution in [3.8, 4) is 5.75 Å². The number of aromatic nitrogens is 1. The maximum atomic E-state index is 14.4. The molecule has 0 unspecified atom stereocenters. The van der Waals surface area contributed by atoms with Crippen LogP contribution in [-0.4, -0.2) is 156 Å². The molecule has 3 aromatic rings. The Kier molecular flexibility index (Phi) is 21.2. The number of benzene rings is 2. The fourth-order valence-electron chi connectivity index (χ4n) is 8.26. The standard InChI is InChI=1S/C49H67N9O15/c1-24(2)19-33(55-46(69)40(50)26(5)59)42(65)53-35(21-28-23-51-31-10-7-6-9-30(28)31)44(67)57-41(25(3)4)47(70)56-36(22-39(63)64)48(71)58-18-8-11-37(58)45(68)54-34(20-27-12-14-29(60)15-13-27)43(66)52-32(49(72)73)16-17-38(61)62/h6-7,9-10,12-15,23-26,32-37,40-41,51,59-60H,8,11,16-22,50H2,1-5H3,(H,52,66)(H,53,65)(H,54,68)(H,55,69)(H,56,70)(H,57,67)(H,61,62)(H,63,64)(H,72,73)/t26-,32+,33+,34+,35+,36+,37+,40+,41+/m1/s1. The average Bonchev–Trinajstić information content (AvgIpc) is 3.98. The highest BCUT2D eigenvalue weighted by molar-refractivity contribution is 5.99. The molecule has 0 radical (unpaired) electrons. The third kappa shape index (κ3) is 17.0. The van der Waals surface area contributed by atoms with Crippen LogP contribution in [0.25, 0.3) is 10.9 Å². The van der Waals surface area contributed by atoms with Crippen molar-refractivity contribution in [3.05, 3.63) is 65.9 Å². The number of carbonyl (C=O) groups is 10. The summed E-state index contributed by atoms with van der Waals surface area (Å²) in [5.74, 6) is -11.6. The molecular formula is C49H67N9O15. The number of para-hydroxylation sites is 1. The number of likely N-dealkylation sites (tertiary alicyclic amines) is 1. The summed E-state index contributed by atoms with van der Waals surface area (Å²) in [5.41, 5.74) is 7.59. The number of aliphatic hydroxyl groups excluding tert-OH is 1. The smallest absolute Gasteiger partial charge is 0.326 e. The van der Waals surface area contributed by atoms with E-state index in [0.717, 1.165) is 15.8 Å². The van der Waals surface area contributed by atoms with Crippen LogP contribution in [-0.2, 0) is 60.8 Å². The third-order valence-electron chi connectivity index (χ3n) is 12.2. The van der Waals surface area contributed by atoms with Crippen molar-refractivity contribution >= 4 is 70.2 Å². The van der Waals surface area contributed by atoms with E-state index in [9.17, 15) is 68.4 Å². The summed E-state index contributed by atoms with van der Waals surface area (Å²) in [5, 5.41) is 64.3. The molecule has 1 fully saturated rings. The summed E-state index contributed by atoms with van der Waals surface area (Å²) in [4.78, 5) is 137. The van der Waals surface area contributed by atoms with Gasteiger partial charge < -0.3 is 73.1 Å². The lowest BCUT2D eigenvalue weighted by molar-refractivity contribution is -0.146. The van der Waals surface area contributed by atoms with E-state index in [1.54, 1.807) is 58.2 Å². The molecule has 398 valence electrons. The minimum Gasteiger partial charge on any atom is -0.508 e. The number of phenolic OH excluding ortho intramolecular Hbond substituents is 1. The second-order valence-electron chi connectivity index (χ2n) is 18.9. The van der Waals surface area contributed by atoms with E-state index in [2.05, 4.69) is 36.9 Å². The van der Waals surface area contributed by atoms with Crippen molar-refractivity contribution in [2.75, 3.05) is 6.54 Å². The SMILES string of the molecule is CC(C)C[C@H](NC(=O)[C@@H](N)[C@@H](C)O)C(=O)N[C@@H](Cc1c[nH]c2ccccc12)C(=O)N[C@H](C(=O)N[C@@H](CC(=O)O)C(=O)N1CCC[C@H]1C(=O)N[C@@H](Cc1ccc(O)cc1)C(=O)N[C@@H](CCC(=O)O)C(=O)O)C(C)C. The summed E-state index contributed by atoms with van der Waals surface area (Å²) in [6.07, 6.45) is -1.64. The van der Waals surface area contributed by atoms with Crippen LogP contribution in [0.3, 0.4) is 0 Å². The number of carboxylic acids is 3. The fourth-order valence-corrected chi connectivity index (χ4v) is 8.26. The maximum absolute atomic E-state index is 14.4. The van der Waals surface area contributed by atoms with Crippen LogP contribution in [0.2, 0.25) is 0 Å². The second kappa shape index (κ2) is 26.7. The van der Waals surface area contributed by atoms with E-state index in [1.807, 2.05) is 0 Å². The first-order valence-corrected chi connectivity index (χ1v) is 23.9. The Bertz CT molecular complexity index is 2480. The zero-order valence-corrected chi connectivity index (χ0v) is 41.3. The van der Waals surface area contributed by atoms with E-state index in [1.165, 1.54) is 31.2 Å². The van der Waals surface area contributed by atoms with Crippen molar-refractivity contribution in [2.45, 2.75) is 140 Å². The Morgan fingerprint density at radius 3 is 1.89 bits per heavy atom. The van der Waals surface area contributed by atoms with E-state index in [4.69, 9.17) is 10.8 Å². The number of rotatable bonds is 27. The molecule has 14 N–H and O–H groups in total. The van der Waals surface area contributed by atoms with Gasteiger partial charge in [0, 0.05) is 42.9 Å². The van der Waals surface area contributed by atoms with Crippen molar-refractivity contribution < 1.29 is 73.5 Å². The van der Waals surface area contributed by atoms with Gasteiger partial charge in [0.05, 0.1) is 12.5 Å². The molecule has 24 heteroatoms. The molecule has 24 nitrogen and oxygen atoms in total. The summed E-state index contributed by atoms with van der Waals surface area (Å²) in [6, 6.07) is 1.02. The Hall–Kier alpha value is -7.60. The topological polar surface area (TPSA) is 389 Å². The first-order valence-electron chi connectivity index (χ1n) is 23.9. The molecule has 1 aliphatic heterocycles. The van der Waals surface area contributed by atoms with Gasteiger partial charge in [-0.05, 0) is 73.8 Å². The highest BCUT2D eigenvalue weighted by atomic mass is 16.4. The van der Waals surface area contributed by atoms with Gasteiger partial charge >= 0.3 is 17.9 Å². The zero-order valence-electron chi connectivity index (χ0n) is 41.3. The van der Waals surface area contributed by atoms with Crippen LogP contribution in [0, 0.1) is 11.8 Å². The van der Waals surface area contributed by atoms with Crippen molar-refractivity contribution in [1.82, 2.24) is 41.8 Å². The molecule has 1 aromatic heterocycles. The molecular weight excluding hydrogens is 955 g/mol. The number of nitrogens with two attached hydrogens (primary N) is 1. The zero-order chi connectivity index (χ0) is 54.3.